The molecule has 0 spiro atoms. The summed E-state index contributed by atoms with van der Waals surface area (Å²) < 4.78 is 7.27. The van der Waals surface area contributed by atoms with Crippen LogP contribution in [-0.2, 0) is 13.1 Å². The highest BCUT2D eigenvalue weighted by molar-refractivity contribution is 7.16. The van der Waals surface area contributed by atoms with E-state index >= 15 is 0 Å². The van der Waals surface area contributed by atoms with Crippen molar-refractivity contribution >= 4 is 52.3 Å². The molecule has 0 aliphatic rings. The number of pyridine rings is 1. The van der Waals surface area contributed by atoms with Crippen molar-refractivity contribution in [3.8, 4) is 17.3 Å². The number of carbonyl (C=O) groups excluding carboxylic acids is 1. The topological polar surface area (TPSA) is 131 Å². The van der Waals surface area contributed by atoms with Gasteiger partial charge in [0.1, 0.15) is 28.5 Å². The molecule has 10 nitrogen and oxygen atoms in total. The second-order valence-corrected chi connectivity index (χ2v) is 10.5. The third-order valence-corrected chi connectivity index (χ3v) is 7.46. The van der Waals surface area contributed by atoms with Crippen LogP contribution < -0.4 is 10.9 Å². The first-order valence-electron chi connectivity index (χ1n) is 11.1. The van der Waals surface area contributed by atoms with Crippen molar-refractivity contribution in [1.82, 2.24) is 28.7 Å². The Morgan fingerprint density at radius 3 is 2.71 bits per heavy atom. The molecule has 188 valence electrons. The van der Waals surface area contributed by atoms with Crippen molar-refractivity contribution in [3.05, 3.63) is 103 Å². The van der Waals surface area contributed by atoms with Gasteiger partial charge in [0.15, 0.2) is 5.82 Å². The number of nitrogens with one attached hydrogen (secondary N) is 1. The van der Waals surface area contributed by atoms with Gasteiger partial charge in [0.2, 0.25) is 0 Å². The maximum Gasteiger partial charge on any atom is 0.291 e. The van der Waals surface area contributed by atoms with Gasteiger partial charge in [-0.2, -0.15) is 15.0 Å². The minimum atomic E-state index is -0.455. The maximum atomic E-state index is 13.3. The molecule has 0 fully saturated rings. The van der Waals surface area contributed by atoms with E-state index in [1.165, 1.54) is 34.5 Å². The fourth-order valence-corrected chi connectivity index (χ4v) is 5.32. The first-order chi connectivity index (χ1) is 18.5. The predicted molar refractivity (Wildman–Crippen MR) is 146 cm³/mol. The van der Waals surface area contributed by atoms with Crippen molar-refractivity contribution in [1.29, 1.82) is 5.26 Å². The van der Waals surface area contributed by atoms with E-state index in [1.54, 1.807) is 36.7 Å². The van der Waals surface area contributed by atoms with Gasteiger partial charge < -0.3 is 9.88 Å². The van der Waals surface area contributed by atoms with Crippen LogP contribution in [0.5, 0.6) is 0 Å². The third-order valence-electron chi connectivity index (χ3n) is 5.49. The van der Waals surface area contributed by atoms with Crippen LogP contribution in [0.4, 0.5) is 5.82 Å². The summed E-state index contributed by atoms with van der Waals surface area (Å²) in [6.45, 7) is 4.39. The zero-order valence-electron chi connectivity index (χ0n) is 19.5. The molecule has 13 heteroatoms. The molecule has 0 bridgehead atoms. The highest BCUT2D eigenvalue weighted by atomic mass is 35.5. The standard InChI is InChI=1S/C25H17ClN8O2S2/c1-2-17-7-16(8-22(35)33(17)13-15-10-28-14-29-11-15)23-19(9-27)24(30-12-18-3-4-21(26)37-18)34(32-23)25(36)20-5-6-31-38-20/h2-8,10-11,14,30H,1,12-13H2. The highest BCUT2D eigenvalue weighted by Gasteiger charge is 2.25. The predicted octanol–water partition coefficient (Wildman–Crippen LogP) is 4.54. The van der Waals surface area contributed by atoms with E-state index in [1.807, 2.05) is 6.07 Å². The number of nitrogens with zero attached hydrogens (tertiary/aromatic N) is 7. The Kier molecular flexibility index (Phi) is 7.23. The van der Waals surface area contributed by atoms with Gasteiger partial charge in [-0.05, 0) is 41.9 Å². The summed E-state index contributed by atoms with van der Waals surface area (Å²) in [5, 5.41) is 17.8. The molecule has 5 aromatic rings. The number of hydrogen-bond donors (Lipinski definition) is 1. The summed E-state index contributed by atoms with van der Waals surface area (Å²) in [5.74, 6) is -0.250. The Bertz CT molecular complexity index is 1730. The fourth-order valence-electron chi connectivity index (χ4n) is 3.77. The molecule has 0 atom stereocenters. The first kappa shape index (κ1) is 25.2. The van der Waals surface area contributed by atoms with Crippen molar-refractivity contribution < 1.29 is 4.79 Å². The van der Waals surface area contributed by atoms with Crippen LogP contribution in [0.1, 0.15) is 31.4 Å². The Morgan fingerprint density at radius 1 is 1.24 bits per heavy atom. The molecule has 38 heavy (non-hydrogen) atoms. The number of thiophene rings is 1. The Labute approximate surface area is 229 Å². The van der Waals surface area contributed by atoms with Crippen LogP contribution in [0.3, 0.4) is 0 Å². The Hall–Kier alpha value is -4.44. The molecule has 0 amide bonds. The maximum absolute atomic E-state index is 13.3. The lowest BCUT2D eigenvalue weighted by molar-refractivity contribution is 0.0952. The Morgan fingerprint density at radius 2 is 2.05 bits per heavy atom. The van der Waals surface area contributed by atoms with E-state index in [2.05, 4.69) is 37.4 Å². The van der Waals surface area contributed by atoms with Crippen LogP contribution in [0.15, 0.2) is 66.6 Å². The molecule has 0 aliphatic heterocycles. The molecule has 0 unspecified atom stereocenters. The molecule has 1 N–H and O–H groups in total. The zero-order valence-corrected chi connectivity index (χ0v) is 21.9. The van der Waals surface area contributed by atoms with Crippen molar-refractivity contribution in [2.45, 2.75) is 13.1 Å². The van der Waals surface area contributed by atoms with Gasteiger partial charge in [-0.25, -0.2) is 14.3 Å². The fraction of sp³-hybridized carbons (Fsp3) is 0.0800. The van der Waals surface area contributed by atoms with Gasteiger partial charge in [0.05, 0.1) is 17.4 Å². The molecule has 5 aromatic heterocycles. The van der Waals surface area contributed by atoms with Crippen LogP contribution in [0, 0.1) is 11.3 Å². The number of carbonyl (C=O) groups is 1. The number of nitriles is 1. The Balaban J connectivity index is 1.61. The summed E-state index contributed by atoms with van der Waals surface area (Å²) in [4.78, 5) is 35.7. The lowest BCUT2D eigenvalue weighted by atomic mass is 10.1. The van der Waals surface area contributed by atoms with Gasteiger partial charge >= 0.3 is 0 Å². The van der Waals surface area contributed by atoms with Gasteiger partial charge in [-0.3, -0.25) is 9.59 Å². The number of halogens is 1. The van der Waals surface area contributed by atoms with E-state index in [-0.39, 0.29) is 29.2 Å². The average Bonchev–Trinajstić information content (AvgIpc) is 3.69. The molecule has 0 saturated heterocycles. The van der Waals surface area contributed by atoms with Gasteiger partial charge in [0.25, 0.3) is 11.5 Å². The minimum Gasteiger partial charge on any atom is -0.364 e. The third kappa shape index (κ3) is 5.03. The summed E-state index contributed by atoms with van der Waals surface area (Å²) in [6.07, 6.45) is 7.72. The zero-order chi connectivity index (χ0) is 26.6. The number of rotatable bonds is 8. The molecule has 0 saturated carbocycles. The molecular weight excluding hydrogens is 544 g/mol. The molecule has 0 aliphatic carbocycles. The van der Waals surface area contributed by atoms with E-state index in [0.717, 1.165) is 26.7 Å². The smallest absolute Gasteiger partial charge is 0.291 e. The largest absolute Gasteiger partial charge is 0.364 e. The van der Waals surface area contributed by atoms with Gasteiger partial charge in [0, 0.05) is 46.4 Å². The van der Waals surface area contributed by atoms with Crippen molar-refractivity contribution in [2.75, 3.05) is 5.32 Å². The molecule has 5 rings (SSSR count). The van der Waals surface area contributed by atoms with Crippen molar-refractivity contribution in [3.63, 3.8) is 0 Å². The lowest BCUT2D eigenvalue weighted by Gasteiger charge is -2.11. The second-order valence-electron chi connectivity index (χ2n) is 7.88. The molecule has 0 aromatic carbocycles. The summed E-state index contributed by atoms with van der Waals surface area (Å²) >= 11 is 8.45. The monoisotopic (exact) mass is 560 g/mol. The van der Waals surface area contributed by atoms with E-state index in [4.69, 9.17) is 11.6 Å². The summed E-state index contributed by atoms with van der Waals surface area (Å²) in [6, 6.07) is 10.4. The normalized spacial score (nSPS) is 10.7. The average molecular weight is 561 g/mol. The van der Waals surface area contributed by atoms with E-state index in [0.29, 0.717) is 27.0 Å². The van der Waals surface area contributed by atoms with Gasteiger partial charge in [-0.15, -0.1) is 11.3 Å². The second kappa shape index (κ2) is 10.9. The first-order valence-corrected chi connectivity index (χ1v) is 13.0. The number of aromatic nitrogens is 6. The molecular formula is C25H17ClN8O2S2. The van der Waals surface area contributed by atoms with Crippen LogP contribution in [0.2, 0.25) is 4.34 Å². The quantitative estimate of drug-likeness (QED) is 0.293. The van der Waals surface area contributed by atoms with Crippen molar-refractivity contribution in [2.24, 2.45) is 0 Å². The highest BCUT2D eigenvalue weighted by Crippen LogP contribution is 2.31. The van der Waals surface area contributed by atoms with Crippen LogP contribution in [0.25, 0.3) is 17.3 Å². The number of anilines is 1. The van der Waals surface area contributed by atoms with Crippen LogP contribution >= 0.6 is 34.5 Å². The van der Waals surface area contributed by atoms with Gasteiger partial charge in [-0.1, -0.05) is 18.2 Å². The lowest BCUT2D eigenvalue weighted by Crippen LogP contribution is -2.22. The molecule has 5 heterocycles. The summed E-state index contributed by atoms with van der Waals surface area (Å²) in [7, 11) is 0. The summed E-state index contributed by atoms with van der Waals surface area (Å²) in [5.41, 5.74) is 1.59. The van der Waals surface area contributed by atoms with Crippen LogP contribution in [-0.4, -0.2) is 34.6 Å². The number of hydrogen-bond acceptors (Lipinski definition) is 10. The van der Waals surface area contributed by atoms with E-state index < -0.39 is 5.91 Å². The molecule has 0 radical (unpaired) electrons. The van der Waals surface area contributed by atoms with E-state index in [9.17, 15) is 14.9 Å². The minimum absolute atomic E-state index is 0.120. The SMILES string of the molecule is C=Cc1cc(-c2nn(C(=O)c3ccns3)c(NCc3ccc(Cl)s3)c2C#N)cc(=O)n1Cc1cncnc1.